The van der Waals surface area contributed by atoms with Crippen LogP contribution in [0, 0.1) is 18.2 Å². The Bertz CT molecular complexity index is 609. The maximum atomic E-state index is 13.4. The molecular formula is C16H14FN. The van der Waals surface area contributed by atoms with Crippen molar-refractivity contribution in [3.63, 3.8) is 0 Å². The molecule has 2 aromatic rings. The number of hydrogen-bond donors (Lipinski definition) is 0. The average molecular weight is 239 g/mol. The Balaban J connectivity index is 2.59. The van der Waals surface area contributed by atoms with E-state index in [0.717, 1.165) is 16.8 Å². The summed E-state index contributed by atoms with van der Waals surface area (Å²) in [7, 11) is 0. The van der Waals surface area contributed by atoms with Gasteiger partial charge in [0.25, 0.3) is 0 Å². The molecule has 0 aliphatic heterocycles. The van der Waals surface area contributed by atoms with E-state index >= 15 is 0 Å². The molecule has 2 heteroatoms. The van der Waals surface area contributed by atoms with Crippen LogP contribution >= 0.6 is 0 Å². The molecule has 0 spiro atoms. The van der Waals surface area contributed by atoms with E-state index in [4.69, 9.17) is 6.42 Å². The molecule has 0 aliphatic carbocycles. The van der Waals surface area contributed by atoms with Gasteiger partial charge in [0, 0.05) is 11.8 Å². The third-order valence-corrected chi connectivity index (χ3v) is 2.82. The summed E-state index contributed by atoms with van der Waals surface area (Å²) in [5, 5.41) is 0. The molecule has 0 unspecified atom stereocenters. The molecule has 0 N–H and O–H groups in total. The second-order valence-electron chi connectivity index (χ2n) is 4.43. The highest BCUT2D eigenvalue weighted by Crippen LogP contribution is 2.28. The van der Waals surface area contributed by atoms with E-state index in [0.29, 0.717) is 5.92 Å². The molecule has 1 nitrogen and oxygen atoms in total. The summed E-state index contributed by atoms with van der Waals surface area (Å²) in [4.78, 5) is 4.39. The normalized spacial score (nSPS) is 10.4. The Morgan fingerprint density at radius 2 is 2.06 bits per heavy atom. The largest absolute Gasteiger partial charge is 0.260 e. The van der Waals surface area contributed by atoms with E-state index in [2.05, 4.69) is 24.8 Å². The summed E-state index contributed by atoms with van der Waals surface area (Å²) in [5.74, 6) is 2.30. The zero-order chi connectivity index (χ0) is 13.1. The SMILES string of the molecule is C#Cc1cc(-c2cccnc2C(C)C)ccc1F. The molecule has 1 heterocycles. The van der Waals surface area contributed by atoms with Crippen LogP contribution in [0.25, 0.3) is 11.1 Å². The fourth-order valence-electron chi connectivity index (χ4n) is 1.93. The Hall–Kier alpha value is -2.14. The summed E-state index contributed by atoms with van der Waals surface area (Å²) >= 11 is 0. The lowest BCUT2D eigenvalue weighted by atomic mass is 9.96. The molecule has 0 saturated heterocycles. The smallest absolute Gasteiger partial charge is 0.138 e. The van der Waals surface area contributed by atoms with E-state index in [1.165, 1.54) is 6.07 Å². The van der Waals surface area contributed by atoms with Gasteiger partial charge < -0.3 is 0 Å². The van der Waals surface area contributed by atoms with Crippen LogP contribution in [0.15, 0.2) is 36.5 Å². The van der Waals surface area contributed by atoms with Gasteiger partial charge in [0.15, 0.2) is 0 Å². The number of nitrogens with zero attached hydrogens (tertiary/aromatic N) is 1. The highest BCUT2D eigenvalue weighted by molar-refractivity contribution is 5.68. The molecule has 0 radical (unpaired) electrons. The van der Waals surface area contributed by atoms with Crippen molar-refractivity contribution in [1.29, 1.82) is 0 Å². The number of benzene rings is 1. The quantitative estimate of drug-likeness (QED) is 0.722. The summed E-state index contributed by atoms with van der Waals surface area (Å²) < 4.78 is 13.4. The number of aromatic nitrogens is 1. The predicted molar refractivity (Wildman–Crippen MR) is 71.7 cm³/mol. The number of terminal acetylenes is 1. The van der Waals surface area contributed by atoms with Gasteiger partial charge in [-0.15, -0.1) is 6.42 Å². The first-order valence-corrected chi connectivity index (χ1v) is 5.85. The lowest BCUT2D eigenvalue weighted by Gasteiger charge is -2.11. The van der Waals surface area contributed by atoms with Gasteiger partial charge in [0.05, 0.1) is 11.3 Å². The van der Waals surface area contributed by atoms with Crippen molar-refractivity contribution in [3.05, 3.63) is 53.6 Å². The van der Waals surface area contributed by atoms with Gasteiger partial charge in [-0.2, -0.15) is 0 Å². The zero-order valence-corrected chi connectivity index (χ0v) is 10.4. The Morgan fingerprint density at radius 1 is 1.28 bits per heavy atom. The second-order valence-corrected chi connectivity index (χ2v) is 4.43. The minimum Gasteiger partial charge on any atom is -0.260 e. The molecule has 1 aromatic carbocycles. The van der Waals surface area contributed by atoms with Crippen molar-refractivity contribution in [2.45, 2.75) is 19.8 Å². The van der Waals surface area contributed by atoms with Gasteiger partial charge in [-0.05, 0) is 29.7 Å². The van der Waals surface area contributed by atoms with Crippen molar-refractivity contribution in [3.8, 4) is 23.5 Å². The minimum atomic E-state index is -0.365. The first kappa shape index (κ1) is 12.3. The van der Waals surface area contributed by atoms with E-state index in [-0.39, 0.29) is 11.4 Å². The molecule has 0 fully saturated rings. The summed E-state index contributed by atoms with van der Waals surface area (Å²) in [6.07, 6.45) is 7.06. The number of pyridine rings is 1. The maximum Gasteiger partial charge on any atom is 0.138 e. The molecule has 0 amide bonds. The molecule has 0 aliphatic rings. The third-order valence-electron chi connectivity index (χ3n) is 2.82. The summed E-state index contributed by atoms with van der Waals surface area (Å²) in [5.41, 5.74) is 3.18. The van der Waals surface area contributed by atoms with Crippen molar-refractivity contribution in [1.82, 2.24) is 4.98 Å². The van der Waals surface area contributed by atoms with Gasteiger partial charge in [0.1, 0.15) is 5.82 Å². The number of hydrogen-bond acceptors (Lipinski definition) is 1. The lowest BCUT2D eigenvalue weighted by Crippen LogP contribution is -1.96. The Labute approximate surface area is 107 Å². The topological polar surface area (TPSA) is 12.9 Å². The van der Waals surface area contributed by atoms with E-state index in [1.807, 2.05) is 12.1 Å². The molecule has 2 rings (SSSR count). The van der Waals surface area contributed by atoms with Crippen molar-refractivity contribution in [2.24, 2.45) is 0 Å². The number of halogens is 1. The fraction of sp³-hybridized carbons (Fsp3) is 0.188. The van der Waals surface area contributed by atoms with E-state index < -0.39 is 0 Å². The first-order chi connectivity index (χ1) is 8.63. The van der Waals surface area contributed by atoms with E-state index in [1.54, 1.807) is 18.3 Å². The van der Waals surface area contributed by atoms with Gasteiger partial charge in [-0.25, -0.2) is 4.39 Å². The monoisotopic (exact) mass is 239 g/mol. The molecular weight excluding hydrogens is 225 g/mol. The van der Waals surface area contributed by atoms with Crippen LogP contribution in [-0.4, -0.2) is 4.98 Å². The van der Waals surface area contributed by atoms with Crippen LogP contribution in [0.1, 0.15) is 31.0 Å². The summed E-state index contributed by atoms with van der Waals surface area (Å²) in [6, 6.07) is 8.69. The molecule has 90 valence electrons. The highest BCUT2D eigenvalue weighted by Gasteiger charge is 2.10. The van der Waals surface area contributed by atoms with Crippen LogP contribution in [0.3, 0.4) is 0 Å². The molecule has 0 atom stereocenters. The second kappa shape index (κ2) is 5.01. The van der Waals surface area contributed by atoms with Gasteiger partial charge in [-0.1, -0.05) is 31.9 Å². The first-order valence-electron chi connectivity index (χ1n) is 5.85. The van der Waals surface area contributed by atoms with Crippen molar-refractivity contribution in [2.75, 3.05) is 0 Å². The summed E-state index contributed by atoms with van der Waals surface area (Å²) in [6.45, 7) is 4.16. The van der Waals surface area contributed by atoms with Gasteiger partial charge >= 0.3 is 0 Å². The highest BCUT2D eigenvalue weighted by atomic mass is 19.1. The van der Waals surface area contributed by atoms with Crippen LogP contribution in [0.4, 0.5) is 4.39 Å². The standard InChI is InChI=1S/C16H14FN/c1-4-12-10-13(7-8-15(12)17)14-6-5-9-18-16(14)11(2)3/h1,5-11H,2-3H3. The molecule has 1 aromatic heterocycles. The van der Waals surface area contributed by atoms with Crippen LogP contribution < -0.4 is 0 Å². The zero-order valence-electron chi connectivity index (χ0n) is 10.4. The van der Waals surface area contributed by atoms with Crippen LogP contribution in [-0.2, 0) is 0 Å². The molecule has 18 heavy (non-hydrogen) atoms. The molecule has 0 bridgehead atoms. The van der Waals surface area contributed by atoms with E-state index in [9.17, 15) is 4.39 Å². The Kier molecular flexibility index (Phi) is 3.43. The fourth-order valence-corrected chi connectivity index (χ4v) is 1.93. The third kappa shape index (κ3) is 2.26. The Morgan fingerprint density at radius 3 is 2.72 bits per heavy atom. The lowest BCUT2D eigenvalue weighted by molar-refractivity contribution is 0.624. The van der Waals surface area contributed by atoms with Gasteiger partial charge in [0.2, 0.25) is 0 Å². The van der Waals surface area contributed by atoms with Crippen LogP contribution in [0.5, 0.6) is 0 Å². The van der Waals surface area contributed by atoms with Crippen molar-refractivity contribution >= 4 is 0 Å². The maximum absolute atomic E-state index is 13.4. The average Bonchev–Trinajstić information content (AvgIpc) is 2.39. The predicted octanol–water partition coefficient (Wildman–Crippen LogP) is 3.99. The van der Waals surface area contributed by atoms with Crippen LogP contribution in [0.2, 0.25) is 0 Å². The molecule has 0 saturated carbocycles. The van der Waals surface area contributed by atoms with Gasteiger partial charge in [-0.3, -0.25) is 4.98 Å². The number of rotatable bonds is 2. The minimum absolute atomic E-state index is 0.283. The van der Waals surface area contributed by atoms with Crippen molar-refractivity contribution < 1.29 is 4.39 Å².